The van der Waals surface area contributed by atoms with Gasteiger partial charge in [-0.05, 0) is 35.9 Å². The molecule has 0 aliphatic heterocycles. The summed E-state index contributed by atoms with van der Waals surface area (Å²) in [7, 11) is 7.45. The molecule has 0 atom stereocenters. The maximum Gasteiger partial charge on any atom is 0.322 e. The molecule has 2 aromatic carbocycles. The summed E-state index contributed by atoms with van der Waals surface area (Å²) in [5.74, 6) is 1.16. The Morgan fingerprint density at radius 1 is 0.692 bits per heavy atom. The summed E-state index contributed by atoms with van der Waals surface area (Å²) in [5, 5.41) is 0. The molecule has 10 heteroatoms. The van der Waals surface area contributed by atoms with Crippen LogP contribution in [0.4, 0.5) is 0 Å². The molecule has 0 fully saturated rings. The van der Waals surface area contributed by atoms with E-state index in [-0.39, 0.29) is 17.8 Å². The Morgan fingerprint density at radius 3 is 1.90 bits per heavy atom. The molecule has 0 N–H and O–H groups in total. The summed E-state index contributed by atoms with van der Waals surface area (Å²) in [6, 6.07) is 20.8. The van der Waals surface area contributed by atoms with Crippen molar-refractivity contribution in [3.05, 3.63) is 78.0 Å². The van der Waals surface area contributed by atoms with E-state index in [1.807, 2.05) is 52.9 Å². The molecule has 0 bridgehead atoms. The van der Waals surface area contributed by atoms with Crippen LogP contribution in [-0.4, -0.2) is 60.7 Å². The third kappa shape index (κ3) is 4.56. The number of benzene rings is 2. The second-order valence-corrected chi connectivity index (χ2v) is 8.32. The molecule has 5 rings (SSSR count). The number of rotatable bonds is 9. The van der Waals surface area contributed by atoms with Crippen molar-refractivity contribution >= 4 is 11.3 Å². The van der Waals surface area contributed by atoms with Gasteiger partial charge in [0.25, 0.3) is 0 Å². The standard InChI is InChI=1S/C29H26N4O6/c1-35-23-14-18(15-24(36-2)26(23)37-3)25(34)22-16-19(27-30-28(38-4)32-29(31-27)39-5)21-13-9-12-20(33(21)22)17-10-7-6-8-11-17/h6-16H,1-5H3. The maximum absolute atomic E-state index is 14.2. The Kier molecular flexibility index (Phi) is 7.00. The van der Waals surface area contributed by atoms with Crippen LogP contribution in [0.15, 0.2) is 66.7 Å². The number of hydrogen-bond donors (Lipinski definition) is 0. The van der Waals surface area contributed by atoms with E-state index in [4.69, 9.17) is 23.7 Å². The van der Waals surface area contributed by atoms with E-state index in [0.29, 0.717) is 45.4 Å². The molecular formula is C29H26N4O6. The van der Waals surface area contributed by atoms with Gasteiger partial charge in [-0.15, -0.1) is 4.98 Å². The quantitative estimate of drug-likeness (QED) is 0.252. The zero-order valence-electron chi connectivity index (χ0n) is 22.1. The zero-order valence-corrected chi connectivity index (χ0v) is 22.1. The number of aromatic nitrogens is 4. The Balaban J connectivity index is 1.80. The van der Waals surface area contributed by atoms with Gasteiger partial charge in [0.05, 0.1) is 52.5 Å². The minimum atomic E-state index is -0.271. The van der Waals surface area contributed by atoms with Gasteiger partial charge in [-0.25, -0.2) is 0 Å². The highest BCUT2D eigenvalue weighted by atomic mass is 16.5. The number of carbonyl (C=O) groups excluding carboxylic acids is 1. The smallest absolute Gasteiger partial charge is 0.322 e. The number of ether oxygens (including phenoxy) is 5. The lowest BCUT2D eigenvalue weighted by molar-refractivity contribution is 0.103. The van der Waals surface area contributed by atoms with Crippen molar-refractivity contribution in [2.24, 2.45) is 0 Å². The molecule has 0 radical (unpaired) electrons. The molecule has 10 nitrogen and oxygen atoms in total. The summed E-state index contributed by atoms with van der Waals surface area (Å²) < 4.78 is 28.8. The highest BCUT2D eigenvalue weighted by Gasteiger charge is 2.25. The summed E-state index contributed by atoms with van der Waals surface area (Å²) in [4.78, 5) is 27.2. The predicted molar refractivity (Wildman–Crippen MR) is 144 cm³/mol. The fourth-order valence-corrected chi connectivity index (χ4v) is 4.44. The van der Waals surface area contributed by atoms with Crippen LogP contribution in [-0.2, 0) is 0 Å². The Labute approximate surface area is 224 Å². The number of methoxy groups -OCH3 is 5. The van der Waals surface area contributed by atoms with Crippen molar-refractivity contribution in [1.29, 1.82) is 0 Å². The van der Waals surface area contributed by atoms with Gasteiger partial charge in [-0.2, -0.15) is 9.97 Å². The average molecular weight is 527 g/mol. The molecule has 0 amide bonds. The molecule has 3 aromatic heterocycles. The van der Waals surface area contributed by atoms with Gasteiger partial charge in [-0.3, -0.25) is 4.79 Å². The Bertz CT molecular complexity index is 1620. The van der Waals surface area contributed by atoms with Crippen molar-refractivity contribution < 1.29 is 28.5 Å². The lowest BCUT2D eigenvalue weighted by Crippen LogP contribution is -2.08. The second kappa shape index (κ2) is 10.7. The van der Waals surface area contributed by atoms with Gasteiger partial charge in [0.1, 0.15) is 0 Å². The molecule has 0 saturated carbocycles. The van der Waals surface area contributed by atoms with E-state index >= 15 is 0 Å². The first-order chi connectivity index (χ1) is 19.0. The first kappa shape index (κ1) is 25.5. The normalized spacial score (nSPS) is 10.8. The number of ketones is 1. The highest BCUT2D eigenvalue weighted by Crippen LogP contribution is 2.40. The van der Waals surface area contributed by atoms with E-state index in [9.17, 15) is 4.79 Å². The van der Waals surface area contributed by atoms with E-state index < -0.39 is 0 Å². The number of hydrogen-bond acceptors (Lipinski definition) is 9. The molecule has 0 unspecified atom stereocenters. The number of pyridine rings is 1. The van der Waals surface area contributed by atoms with Crippen LogP contribution in [0, 0.1) is 0 Å². The Hall–Kier alpha value is -5.12. The summed E-state index contributed by atoms with van der Waals surface area (Å²) in [6.07, 6.45) is 0. The van der Waals surface area contributed by atoms with E-state index in [0.717, 1.165) is 11.3 Å². The predicted octanol–water partition coefficient (Wildman–Crippen LogP) is 4.73. The van der Waals surface area contributed by atoms with Crippen LogP contribution in [0.3, 0.4) is 0 Å². The second-order valence-electron chi connectivity index (χ2n) is 8.32. The van der Waals surface area contributed by atoms with Gasteiger partial charge >= 0.3 is 12.0 Å². The minimum absolute atomic E-state index is 0.0907. The number of carbonyl (C=O) groups is 1. The van der Waals surface area contributed by atoms with E-state index in [2.05, 4.69) is 15.0 Å². The topological polar surface area (TPSA) is 106 Å². The fourth-order valence-electron chi connectivity index (χ4n) is 4.44. The van der Waals surface area contributed by atoms with Gasteiger partial charge < -0.3 is 28.1 Å². The van der Waals surface area contributed by atoms with Crippen molar-refractivity contribution in [2.75, 3.05) is 35.5 Å². The third-order valence-electron chi connectivity index (χ3n) is 6.22. The van der Waals surface area contributed by atoms with Gasteiger partial charge in [0, 0.05) is 11.1 Å². The van der Waals surface area contributed by atoms with Crippen LogP contribution in [0.1, 0.15) is 16.1 Å². The monoisotopic (exact) mass is 526 g/mol. The zero-order chi connectivity index (χ0) is 27.5. The average Bonchev–Trinajstić information content (AvgIpc) is 3.40. The van der Waals surface area contributed by atoms with Crippen LogP contribution >= 0.6 is 0 Å². The largest absolute Gasteiger partial charge is 0.493 e. The van der Waals surface area contributed by atoms with Gasteiger partial charge in [0.15, 0.2) is 17.3 Å². The number of nitrogens with zero attached hydrogens (tertiary/aromatic N) is 4. The molecule has 198 valence electrons. The first-order valence-corrected chi connectivity index (χ1v) is 11.9. The van der Waals surface area contributed by atoms with Gasteiger partial charge in [-0.1, -0.05) is 36.4 Å². The van der Waals surface area contributed by atoms with Crippen molar-refractivity contribution in [2.45, 2.75) is 0 Å². The van der Waals surface area contributed by atoms with Crippen LogP contribution in [0.25, 0.3) is 28.2 Å². The third-order valence-corrected chi connectivity index (χ3v) is 6.22. The molecule has 0 saturated heterocycles. The summed E-state index contributed by atoms with van der Waals surface area (Å²) in [6.45, 7) is 0. The molecule has 39 heavy (non-hydrogen) atoms. The molecular weight excluding hydrogens is 500 g/mol. The van der Waals surface area contributed by atoms with Crippen molar-refractivity contribution in [3.63, 3.8) is 0 Å². The van der Waals surface area contributed by atoms with Crippen LogP contribution in [0.5, 0.6) is 29.3 Å². The molecule has 5 aromatic rings. The fraction of sp³-hybridized carbons (Fsp3) is 0.172. The maximum atomic E-state index is 14.2. The lowest BCUT2D eigenvalue weighted by Gasteiger charge is -2.14. The number of fused-ring (bicyclic) bond motifs is 1. The summed E-state index contributed by atoms with van der Waals surface area (Å²) >= 11 is 0. The minimum Gasteiger partial charge on any atom is -0.493 e. The SMILES string of the molecule is COc1nc(OC)nc(-c2cc(C(=O)c3cc(OC)c(OC)c(OC)c3)n3c(-c4ccccc4)cccc23)n1. The summed E-state index contributed by atoms with van der Waals surface area (Å²) in [5.41, 5.74) is 3.78. The van der Waals surface area contributed by atoms with Crippen molar-refractivity contribution in [1.82, 2.24) is 19.4 Å². The molecule has 0 aliphatic carbocycles. The van der Waals surface area contributed by atoms with Crippen LogP contribution < -0.4 is 23.7 Å². The van der Waals surface area contributed by atoms with Crippen molar-refractivity contribution in [3.8, 4) is 51.9 Å². The van der Waals surface area contributed by atoms with Gasteiger partial charge in [0.2, 0.25) is 11.5 Å². The Morgan fingerprint density at radius 2 is 1.33 bits per heavy atom. The van der Waals surface area contributed by atoms with E-state index in [1.54, 1.807) is 18.2 Å². The molecule has 3 heterocycles. The molecule has 0 spiro atoms. The highest BCUT2D eigenvalue weighted by molar-refractivity contribution is 6.11. The van der Waals surface area contributed by atoms with E-state index in [1.165, 1.54) is 35.5 Å². The van der Waals surface area contributed by atoms with Crippen LogP contribution in [0.2, 0.25) is 0 Å². The first-order valence-electron chi connectivity index (χ1n) is 11.9. The molecule has 0 aliphatic rings. The lowest BCUT2D eigenvalue weighted by atomic mass is 10.1.